The smallest absolute Gasteiger partial charge is 0.0488 e. The molecule has 0 amide bonds. The van der Waals surface area contributed by atoms with E-state index in [-0.39, 0.29) is 5.41 Å². The van der Waals surface area contributed by atoms with E-state index >= 15 is 0 Å². The lowest BCUT2D eigenvalue weighted by molar-refractivity contribution is 0.0433. The molecule has 1 fully saturated rings. The zero-order valence-corrected chi connectivity index (χ0v) is 10.3. The van der Waals surface area contributed by atoms with Crippen molar-refractivity contribution < 1.29 is 5.11 Å². The lowest BCUT2D eigenvalue weighted by Gasteiger charge is -2.40. The van der Waals surface area contributed by atoms with Gasteiger partial charge in [0.05, 0.1) is 0 Å². The predicted octanol–water partition coefficient (Wildman–Crippen LogP) is 1.83. The highest BCUT2D eigenvalue weighted by Gasteiger charge is 2.31. The van der Waals surface area contributed by atoms with Crippen LogP contribution >= 0.6 is 11.8 Å². The molecule has 0 aliphatic carbocycles. The Balaban J connectivity index is 2.29. The van der Waals surface area contributed by atoms with Crippen LogP contribution < -0.4 is 0 Å². The number of nitrogens with zero attached hydrogens (tertiary/aromatic N) is 1. The first-order chi connectivity index (χ1) is 6.76. The third-order valence-electron chi connectivity index (χ3n) is 3.61. The first-order valence-corrected chi connectivity index (χ1v) is 6.98. The summed E-state index contributed by atoms with van der Waals surface area (Å²) < 4.78 is 0. The van der Waals surface area contributed by atoms with Gasteiger partial charge in [0.25, 0.3) is 0 Å². The average molecular weight is 217 g/mol. The number of hydrogen-bond acceptors (Lipinski definition) is 3. The summed E-state index contributed by atoms with van der Waals surface area (Å²) in [5.74, 6) is 1.23. The first-order valence-electron chi connectivity index (χ1n) is 5.58. The SMILES string of the molecule is CCC1(CO)CCN(CCSC)CC1. The Bertz CT molecular complexity index is 149. The van der Waals surface area contributed by atoms with Crippen molar-refractivity contribution in [1.29, 1.82) is 0 Å². The normalized spacial score (nSPS) is 22.5. The number of aliphatic hydroxyl groups is 1. The van der Waals surface area contributed by atoms with Gasteiger partial charge in [0.15, 0.2) is 0 Å². The monoisotopic (exact) mass is 217 g/mol. The summed E-state index contributed by atoms with van der Waals surface area (Å²) in [5.41, 5.74) is 0.246. The van der Waals surface area contributed by atoms with Crippen LogP contribution in [0.25, 0.3) is 0 Å². The minimum Gasteiger partial charge on any atom is -0.396 e. The Morgan fingerprint density at radius 2 is 2.00 bits per heavy atom. The van der Waals surface area contributed by atoms with Gasteiger partial charge in [-0.2, -0.15) is 11.8 Å². The molecule has 2 nitrogen and oxygen atoms in total. The molecular formula is C11H23NOS. The molecule has 0 atom stereocenters. The molecule has 0 saturated carbocycles. The highest BCUT2D eigenvalue weighted by Crippen LogP contribution is 2.33. The van der Waals surface area contributed by atoms with E-state index in [0.29, 0.717) is 6.61 Å². The van der Waals surface area contributed by atoms with Crippen molar-refractivity contribution in [2.75, 3.05) is 38.2 Å². The minimum atomic E-state index is 0.246. The maximum atomic E-state index is 9.38. The lowest BCUT2D eigenvalue weighted by atomic mass is 9.77. The van der Waals surface area contributed by atoms with Gasteiger partial charge >= 0.3 is 0 Å². The summed E-state index contributed by atoms with van der Waals surface area (Å²) in [6.45, 7) is 6.14. The van der Waals surface area contributed by atoms with E-state index in [9.17, 15) is 5.11 Å². The summed E-state index contributed by atoms with van der Waals surface area (Å²) in [5, 5.41) is 9.38. The van der Waals surface area contributed by atoms with E-state index in [1.165, 1.54) is 38.2 Å². The molecule has 3 heteroatoms. The van der Waals surface area contributed by atoms with Crippen LogP contribution in [0.5, 0.6) is 0 Å². The van der Waals surface area contributed by atoms with Crippen LogP contribution in [0.3, 0.4) is 0 Å². The van der Waals surface area contributed by atoms with Gasteiger partial charge in [-0.05, 0) is 44.0 Å². The Morgan fingerprint density at radius 3 is 2.43 bits per heavy atom. The van der Waals surface area contributed by atoms with Gasteiger partial charge in [-0.3, -0.25) is 0 Å². The molecule has 1 heterocycles. The van der Waals surface area contributed by atoms with Crippen LogP contribution in [0.4, 0.5) is 0 Å². The summed E-state index contributed by atoms with van der Waals surface area (Å²) in [6.07, 6.45) is 5.64. The fourth-order valence-electron chi connectivity index (χ4n) is 2.09. The van der Waals surface area contributed by atoms with E-state index in [1.54, 1.807) is 0 Å². The van der Waals surface area contributed by atoms with Gasteiger partial charge in [-0.25, -0.2) is 0 Å². The quantitative estimate of drug-likeness (QED) is 0.760. The minimum absolute atomic E-state index is 0.246. The van der Waals surface area contributed by atoms with E-state index < -0.39 is 0 Å². The summed E-state index contributed by atoms with van der Waals surface area (Å²) in [4.78, 5) is 2.53. The van der Waals surface area contributed by atoms with Crippen molar-refractivity contribution in [2.45, 2.75) is 26.2 Å². The molecule has 1 aliphatic heterocycles. The second-order valence-corrected chi connectivity index (χ2v) is 5.33. The lowest BCUT2D eigenvalue weighted by Crippen LogP contribution is -2.42. The molecule has 0 aromatic heterocycles. The molecule has 1 saturated heterocycles. The van der Waals surface area contributed by atoms with E-state index in [1.807, 2.05) is 11.8 Å². The van der Waals surface area contributed by atoms with Gasteiger partial charge in [0, 0.05) is 18.9 Å². The summed E-state index contributed by atoms with van der Waals surface area (Å²) in [6, 6.07) is 0. The number of rotatable bonds is 5. The van der Waals surface area contributed by atoms with Gasteiger partial charge in [-0.1, -0.05) is 6.92 Å². The first kappa shape index (κ1) is 12.3. The molecule has 0 radical (unpaired) electrons. The average Bonchev–Trinajstić information content (AvgIpc) is 2.27. The fourth-order valence-corrected chi connectivity index (χ4v) is 2.54. The number of piperidine rings is 1. The number of aliphatic hydroxyl groups excluding tert-OH is 1. The van der Waals surface area contributed by atoms with Crippen LogP contribution in [-0.4, -0.2) is 48.3 Å². The fraction of sp³-hybridized carbons (Fsp3) is 1.00. The Labute approximate surface area is 92.1 Å². The van der Waals surface area contributed by atoms with Crippen LogP contribution in [0, 0.1) is 5.41 Å². The van der Waals surface area contributed by atoms with E-state index in [4.69, 9.17) is 0 Å². The standard InChI is InChI=1S/C11H23NOS/c1-3-11(10-13)4-6-12(7-5-11)8-9-14-2/h13H,3-10H2,1-2H3. The van der Waals surface area contributed by atoms with Crippen LogP contribution in [-0.2, 0) is 0 Å². The molecule has 0 bridgehead atoms. The molecule has 0 spiro atoms. The topological polar surface area (TPSA) is 23.5 Å². The van der Waals surface area contributed by atoms with Crippen LogP contribution in [0.15, 0.2) is 0 Å². The van der Waals surface area contributed by atoms with Gasteiger partial charge in [0.1, 0.15) is 0 Å². The molecule has 1 N–H and O–H groups in total. The molecule has 14 heavy (non-hydrogen) atoms. The zero-order chi connectivity index (χ0) is 10.4. The van der Waals surface area contributed by atoms with Crippen molar-refractivity contribution in [2.24, 2.45) is 5.41 Å². The Morgan fingerprint density at radius 1 is 1.36 bits per heavy atom. The second-order valence-electron chi connectivity index (χ2n) is 4.35. The molecule has 0 aromatic carbocycles. The predicted molar refractivity (Wildman–Crippen MR) is 63.9 cm³/mol. The Kier molecular flexibility index (Phi) is 5.28. The number of hydrogen-bond donors (Lipinski definition) is 1. The van der Waals surface area contributed by atoms with Crippen molar-refractivity contribution in [3.63, 3.8) is 0 Å². The summed E-state index contributed by atoms with van der Waals surface area (Å²) >= 11 is 1.92. The highest BCUT2D eigenvalue weighted by molar-refractivity contribution is 7.98. The number of thioether (sulfide) groups is 1. The number of likely N-dealkylation sites (tertiary alicyclic amines) is 1. The van der Waals surface area contributed by atoms with Crippen molar-refractivity contribution in [1.82, 2.24) is 4.90 Å². The molecular weight excluding hydrogens is 194 g/mol. The maximum Gasteiger partial charge on any atom is 0.0488 e. The third kappa shape index (κ3) is 3.14. The van der Waals surface area contributed by atoms with Crippen molar-refractivity contribution in [3.05, 3.63) is 0 Å². The third-order valence-corrected chi connectivity index (χ3v) is 4.20. The summed E-state index contributed by atoms with van der Waals surface area (Å²) in [7, 11) is 0. The van der Waals surface area contributed by atoms with Crippen LogP contribution in [0.2, 0.25) is 0 Å². The maximum absolute atomic E-state index is 9.38. The van der Waals surface area contributed by atoms with Crippen LogP contribution in [0.1, 0.15) is 26.2 Å². The zero-order valence-electron chi connectivity index (χ0n) is 9.46. The molecule has 1 aliphatic rings. The molecule has 84 valence electrons. The van der Waals surface area contributed by atoms with Gasteiger partial charge < -0.3 is 10.0 Å². The van der Waals surface area contributed by atoms with Crippen molar-refractivity contribution in [3.8, 4) is 0 Å². The highest BCUT2D eigenvalue weighted by atomic mass is 32.2. The van der Waals surface area contributed by atoms with Gasteiger partial charge in [-0.15, -0.1) is 0 Å². The van der Waals surface area contributed by atoms with E-state index in [2.05, 4.69) is 18.1 Å². The Hall–Kier alpha value is 0.270. The molecule has 0 aromatic rings. The van der Waals surface area contributed by atoms with E-state index in [0.717, 1.165) is 6.42 Å². The van der Waals surface area contributed by atoms with Crippen molar-refractivity contribution >= 4 is 11.8 Å². The molecule has 0 unspecified atom stereocenters. The molecule has 1 rings (SSSR count). The van der Waals surface area contributed by atoms with Gasteiger partial charge in [0.2, 0.25) is 0 Å². The second kappa shape index (κ2) is 5.99. The largest absolute Gasteiger partial charge is 0.396 e.